The number of amides is 1. The summed E-state index contributed by atoms with van der Waals surface area (Å²) in [5.74, 6) is 0. The Hall–Kier alpha value is -1.66. The lowest BCUT2D eigenvalue weighted by atomic mass is 10.1. The van der Waals surface area contributed by atoms with Crippen molar-refractivity contribution in [3.05, 3.63) is 30.1 Å². The number of carbonyl (C=O) groups excluding carboxylic acids is 1. The second kappa shape index (κ2) is 7.75. The molecule has 2 heterocycles. The predicted molar refractivity (Wildman–Crippen MR) is 90.0 cm³/mol. The average Bonchev–Trinajstić information content (AvgIpc) is 2.52. The molecular formula is C17H28N4O2. The quantitative estimate of drug-likeness (QED) is 0.919. The van der Waals surface area contributed by atoms with Gasteiger partial charge in [0.05, 0.1) is 5.69 Å². The molecule has 0 aliphatic carbocycles. The number of nitrogens with two attached hydrogens (primary N) is 1. The number of nitrogens with zero attached hydrogens (tertiary/aromatic N) is 3. The highest BCUT2D eigenvalue weighted by Crippen LogP contribution is 2.14. The minimum atomic E-state index is -0.441. The lowest BCUT2D eigenvalue weighted by Gasteiger charge is -2.35. The Morgan fingerprint density at radius 2 is 2.00 bits per heavy atom. The van der Waals surface area contributed by atoms with Crippen molar-refractivity contribution >= 4 is 6.09 Å². The number of aromatic nitrogens is 1. The van der Waals surface area contributed by atoms with Gasteiger partial charge in [-0.1, -0.05) is 6.07 Å². The monoisotopic (exact) mass is 320 g/mol. The Morgan fingerprint density at radius 3 is 2.57 bits per heavy atom. The molecule has 6 heteroatoms. The normalized spacial score (nSPS) is 17.8. The average molecular weight is 320 g/mol. The fourth-order valence-corrected chi connectivity index (χ4v) is 2.55. The number of hydrogen-bond acceptors (Lipinski definition) is 5. The van der Waals surface area contributed by atoms with Crippen molar-refractivity contribution in [1.82, 2.24) is 14.8 Å². The molecule has 6 nitrogen and oxygen atoms in total. The molecule has 1 atom stereocenters. The highest BCUT2D eigenvalue weighted by atomic mass is 16.6. The van der Waals surface area contributed by atoms with E-state index in [1.54, 1.807) is 11.1 Å². The lowest BCUT2D eigenvalue weighted by Crippen LogP contribution is -2.50. The van der Waals surface area contributed by atoms with Gasteiger partial charge in [0.15, 0.2) is 0 Å². The van der Waals surface area contributed by atoms with Gasteiger partial charge in [-0.15, -0.1) is 0 Å². The SMILES string of the molecule is CC(C)(C)OC(=O)N1CCN(CCC(N)c2ccccn2)CC1. The Bertz CT molecular complexity index is 493. The smallest absolute Gasteiger partial charge is 0.410 e. The maximum absolute atomic E-state index is 12.0. The van der Waals surface area contributed by atoms with E-state index >= 15 is 0 Å². The molecule has 0 spiro atoms. The van der Waals surface area contributed by atoms with Gasteiger partial charge in [0.25, 0.3) is 0 Å². The molecule has 2 N–H and O–H groups in total. The first-order valence-corrected chi connectivity index (χ1v) is 8.22. The van der Waals surface area contributed by atoms with Gasteiger partial charge in [0, 0.05) is 45.0 Å². The van der Waals surface area contributed by atoms with Crippen LogP contribution in [0.2, 0.25) is 0 Å². The van der Waals surface area contributed by atoms with Gasteiger partial charge in [0.2, 0.25) is 0 Å². The molecule has 1 aliphatic heterocycles. The van der Waals surface area contributed by atoms with Gasteiger partial charge in [-0.2, -0.15) is 0 Å². The van der Waals surface area contributed by atoms with Crippen LogP contribution in [0.4, 0.5) is 4.79 Å². The number of pyridine rings is 1. The summed E-state index contributed by atoms with van der Waals surface area (Å²) in [4.78, 5) is 20.4. The van der Waals surface area contributed by atoms with Crippen molar-refractivity contribution in [2.24, 2.45) is 5.73 Å². The van der Waals surface area contributed by atoms with Crippen LogP contribution in [0.5, 0.6) is 0 Å². The van der Waals surface area contributed by atoms with Gasteiger partial charge in [-0.25, -0.2) is 4.79 Å². The zero-order valence-corrected chi connectivity index (χ0v) is 14.4. The van der Waals surface area contributed by atoms with E-state index in [2.05, 4.69) is 9.88 Å². The number of hydrogen-bond donors (Lipinski definition) is 1. The lowest BCUT2D eigenvalue weighted by molar-refractivity contribution is 0.0143. The standard InChI is InChI=1S/C17H28N4O2/c1-17(2,3)23-16(22)21-12-10-20(11-13-21)9-7-14(18)15-6-4-5-8-19-15/h4-6,8,14H,7,9-13,18H2,1-3H3. The van der Waals surface area contributed by atoms with Crippen molar-refractivity contribution < 1.29 is 9.53 Å². The van der Waals surface area contributed by atoms with Gasteiger partial charge in [-0.05, 0) is 39.3 Å². The summed E-state index contributed by atoms with van der Waals surface area (Å²) in [6, 6.07) is 5.78. The van der Waals surface area contributed by atoms with Crippen molar-refractivity contribution in [1.29, 1.82) is 0 Å². The number of rotatable bonds is 4. The largest absolute Gasteiger partial charge is 0.444 e. The van der Waals surface area contributed by atoms with E-state index in [0.717, 1.165) is 31.7 Å². The molecule has 1 fully saturated rings. The summed E-state index contributed by atoms with van der Waals surface area (Å²) in [5, 5.41) is 0. The van der Waals surface area contributed by atoms with E-state index in [-0.39, 0.29) is 12.1 Å². The third-order valence-corrected chi connectivity index (χ3v) is 3.85. The summed E-state index contributed by atoms with van der Waals surface area (Å²) in [6.07, 6.45) is 2.42. The van der Waals surface area contributed by atoms with Crippen LogP contribution in [0.25, 0.3) is 0 Å². The number of ether oxygens (including phenoxy) is 1. The fourth-order valence-electron chi connectivity index (χ4n) is 2.55. The molecule has 2 rings (SSSR count). The molecule has 0 saturated carbocycles. The van der Waals surface area contributed by atoms with Crippen molar-refractivity contribution in [2.75, 3.05) is 32.7 Å². The molecule has 0 radical (unpaired) electrons. The Kier molecular flexibility index (Phi) is 5.96. The van der Waals surface area contributed by atoms with Crippen LogP contribution in [0.1, 0.15) is 38.9 Å². The fraction of sp³-hybridized carbons (Fsp3) is 0.647. The summed E-state index contributed by atoms with van der Waals surface area (Å²) in [5.41, 5.74) is 6.67. The second-order valence-corrected chi connectivity index (χ2v) is 6.96. The van der Waals surface area contributed by atoms with Crippen LogP contribution < -0.4 is 5.73 Å². The minimum Gasteiger partial charge on any atom is -0.444 e. The van der Waals surface area contributed by atoms with Crippen LogP contribution in [0.15, 0.2) is 24.4 Å². The van der Waals surface area contributed by atoms with Gasteiger partial charge >= 0.3 is 6.09 Å². The third-order valence-electron chi connectivity index (χ3n) is 3.85. The van der Waals surface area contributed by atoms with Crippen molar-refractivity contribution in [3.8, 4) is 0 Å². The van der Waals surface area contributed by atoms with Crippen LogP contribution in [-0.4, -0.2) is 59.2 Å². The number of carbonyl (C=O) groups is 1. The van der Waals surface area contributed by atoms with E-state index < -0.39 is 5.60 Å². The predicted octanol–water partition coefficient (Wildman–Crippen LogP) is 2.02. The Labute approximate surface area is 138 Å². The first-order chi connectivity index (χ1) is 10.8. The summed E-state index contributed by atoms with van der Waals surface area (Å²) < 4.78 is 5.41. The van der Waals surface area contributed by atoms with E-state index in [0.29, 0.717) is 13.1 Å². The molecule has 0 aromatic carbocycles. The first-order valence-electron chi connectivity index (χ1n) is 8.22. The molecule has 128 valence electrons. The van der Waals surface area contributed by atoms with E-state index in [1.165, 1.54) is 0 Å². The van der Waals surface area contributed by atoms with Crippen molar-refractivity contribution in [2.45, 2.75) is 38.8 Å². The maximum atomic E-state index is 12.0. The molecular weight excluding hydrogens is 292 g/mol. The molecule has 23 heavy (non-hydrogen) atoms. The summed E-state index contributed by atoms with van der Waals surface area (Å²) in [7, 11) is 0. The third kappa shape index (κ3) is 5.80. The molecule has 1 aromatic heterocycles. The minimum absolute atomic E-state index is 0.0416. The molecule has 1 aromatic rings. The number of piperazine rings is 1. The highest BCUT2D eigenvalue weighted by molar-refractivity contribution is 5.68. The highest BCUT2D eigenvalue weighted by Gasteiger charge is 2.25. The van der Waals surface area contributed by atoms with Crippen LogP contribution in [0, 0.1) is 0 Å². The zero-order chi connectivity index (χ0) is 16.9. The van der Waals surface area contributed by atoms with E-state index in [1.807, 2.05) is 39.0 Å². The van der Waals surface area contributed by atoms with Gasteiger partial charge in [0.1, 0.15) is 5.60 Å². The van der Waals surface area contributed by atoms with Crippen LogP contribution >= 0.6 is 0 Å². The molecule has 1 saturated heterocycles. The Morgan fingerprint density at radius 1 is 1.30 bits per heavy atom. The molecule has 1 aliphatic rings. The van der Waals surface area contributed by atoms with Gasteiger partial charge < -0.3 is 15.4 Å². The van der Waals surface area contributed by atoms with E-state index in [4.69, 9.17) is 10.5 Å². The van der Waals surface area contributed by atoms with Crippen LogP contribution in [0.3, 0.4) is 0 Å². The molecule has 1 unspecified atom stereocenters. The molecule has 0 bridgehead atoms. The zero-order valence-electron chi connectivity index (χ0n) is 14.4. The van der Waals surface area contributed by atoms with Crippen molar-refractivity contribution in [3.63, 3.8) is 0 Å². The van der Waals surface area contributed by atoms with Gasteiger partial charge in [-0.3, -0.25) is 9.88 Å². The first kappa shape index (κ1) is 17.7. The second-order valence-electron chi connectivity index (χ2n) is 6.96. The summed E-state index contributed by atoms with van der Waals surface area (Å²) in [6.45, 7) is 9.70. The van der Waals surface area contributed by atoms with E-state index in [9.17, 15) is 4.79 Å². The maximum Gasteiger partial charge on any atom is 0.410 e. The van der Waals surface area contributed by atoms with Crippen LogP contribution in [-0.2, 0) is 4.74 Å². The molecule has 1 amide bonds. The Balaban J connectivity index is 1.72. The summed E-state index contributed by atoms with van der Waals surface area (Å²) >= 11 is 0. The topological polar surface area (TPSA) is 71.7 Å².